The second kappa shape index (κ2) is 8.05. The van der Waals surface area contributed by atoms with Gasteiger partial charge in [-0.2, -0.15) is 18.3 Å². The molecule has 0 aromatic carbocycles. The monoisotopic (exact) mass is 426 g/mol. The topological polar surface area (TPSA) is 59.4 Å². The highest BCUT2D eigenvalue weighted by Crippen LogP contribution is 2.36. The molecule has 1 saturated heterocycles. The molecule has 0 saturated carbocycles. The molecule has 0 unspecified atom stereocenters. The van der Waals surface area contributed by atoms with E-state index in [0.717, 1.165) is 17.8 Å². The Balaban J connectivity index is 2.02. The van der Waals surface area contributed by atoms with Gasteiger partial charge in [0.1, 0.15) is 6.04 Å². The maximum Gasteiger partial charge on any atom is 0.436 e. The van der Waals surface area contributed by atoms with Gasteiger partial charge in [-0.25, -0.2) is 0 Å². The van der Waals surface area contributed by atoms with Gasteiger partial charge in [-0.05, 0) is 36.7 Å². The van der Waals surface area contributed by atoms with Crippen LogP contribution in [0.1, 0.15) is 31.3 Å². The Morgan fingerprint density at radius 1 is 1.36 bits per heavy atom. The molecule has 1 amide bonds. The molecule has 25 heavy (non-hydrogen) atoms. The van der Waals surface area contributed by atoms with Crippen molar-refractivity contribution in [2.24, 2.45) is 0 Å². The molecule has 2 atom stereocenters. The molecule has 2 heterocycles. The number of carbonyl (C=O) groups excluding carboxylic acids is 1. The quantitative estimate of drug-likeness (QED) is 0.784. The number of aromatic nitrogens is 2. The number of nitrogens with zero attached hydrogens (tertiary/aromatic N) is 3. The SMILES string of the molecule is Cc1c(Br)c(C(F)(F)F)nn1[C@@H](C)C(=O)N[C@@H](C)CN1CCOCC1. The Morgan fingerprint density at radius 3 is 2.48 bits per heavy atom. The van der Waals surface area contributed by atoms with Crippen molar-refractivity contribution in [3.05, 3.63) is 15.9 Å². The van der Waals surface area contributed by atoms with Crippen LogP contribution in [-0.4, -0.2) is 59.5 Å². The summed E-state index contributed by atoms with van der Waals surface area (Å²) in [6.07, 6.45) is -4.57. The minimum atomic E-state index is -4.57. The van der Waals surface area contributed by atoms with Crippen molar-refractivity contribution < 1.29 is 22.7 Å². The fourth-order valence-corrected chi connectivity index (χ4v) is 3.23. The van der Waals surface area contributed by atoms with Crippen LogP contribution in [0.4, 0.5) is 13.2 Å². The minimum Gasteiger partial charge on any atom is -0.379 e. The van der Waals surface area contributed by atoms with Crippen LogP contribution in [0.2, 0.25) is 0 Å². The van der Waals surface area contributed by atoms with E-state index >= 15 is 0 Å². The third-order valence-corrected chi connectivity index (χ3v) is 5.07. The first-order valence-corrected chi connectivity index (χ1v) is 8.82. The highest BCUT2D eigenvalue weighted by Gasteiger charge is 2.39. The zero-order chi connectivity index (χ0) is 18.8. The molecule has 0 bridgehead atoms. The average Bonchev–Trinajstić information content (AvgIpc) is 2.83. The number of nitrogens with one attached hydrogen (secondary N) is 1. The maximum absolute atomic E-state index is 13.0. The Hall–Kier alpha value is -1.13. The third-order valence-electron chi connectivity index (χ3n) is 4.12. The molecular formula is C15H22BrF3N4O2. The highest BCUT2D eigenvalue weighted by molar-refractivity contribution is 9.10. The lowest BCUT2D eigenvalue weighted by molar-refractivity contribution is -0.142. The van der Waals surface area contributed by atoms with Gasteiger partial charge in [0, 0.05) is 25.7 Å². The number of rotatable bonds is 5. The average molecular weight is 427 g/mol. The largest absolute Gasteiger partial charge is 0.436 e. The van der Waals surface area contributed by atoms with E-state index in [-0.39, 0.29) is 22.1 Å². The molecule has 1 N–H and O–H groups in total. The summed E-state index contributed by atoms with van der Waals surface area (Å²) >= 11 is 2.92. The molecular weight excluding hydrogens is 405 g/mol. The van der Waals surface area contributed by atoms with Gasteiger partial charge in [-0.3, -0.25) is 14.4 Å². The van der Waals surface area contributed by atoms with Crippen LogP contribution in [0.25, 0.3) is 0 Å². The number of morpholine rings is 1. The predicted octanol–water partition coefficient (Wildman–Crippen LogP) is 2.37. The van der Waals surface area contributed by atoms with Gasteiger partial charge in [0.15, 0.2) is 5.69 Å². The Labute approximate surface area is 152 Å². The predicted molar refractivity (Wildman–Crippen MR) is 89.2 cm³/mol. The summed E-state index contributed by atoms with van der Waals surface area (Å²) < 4.78 is 45.1. The Bertz CT molecular complexity index is 615. The van der Waals surface area contributed by atoms with E-state index in [9.17, 15) is 18.0 Å². The second-order valence-corrected chi connectivity index (χ2v) is 6.98. The van der Waals surface area contributed by atoms with Crippen molar-refractivity contribution in [3.8, 4) is 0 Å². The van der Waals surface area contributed by atoms with Crippen LogP contribution in [0.3, 0.4) is 0 Å². The van der Waals surface area contributed by atoms with Gasteiger partial charge < -0.3 is 10.1 Å². The van der Waals surface area contributed by atoms with Gasteiger partial charge in [0.25, 0.3) is 0 Å². The molecule has 1 aliphatic heterocycles. The van der Waals surface area contributed by atoms with Gasteiger partial charge in [-0.1, -0.05) is 0 Å². The van der Waals surface area contributed by atoms with Crippen molar-refractivity contribution >= 4 is 21.8 Å². The summed E-state index contributed by atoms with van der Waals surface area (Å²) in [7, 11) is 0. The number of halogens is 4. The molecule has 2 rings (SSSR count). The van der Waals surface area contributed by atoms with Gasteiger partial charge in [0.2, 0.25) is 5.91 Å². The van der Waals surface area contributed by atoms with E-state index in [1.165, 1.54) is 13.8 Å². The fraction of sp³-hybridized carbons (Fsp3) is 0.733. The van der Waals surface area contributed by atoms with Crippen LogP contribution in [0, 0.1) is 6.92 Å². The molecule has 1 aromatic heterocycles. The number of hydrogen-bond donors (Lipinski definition) is 1. The van der Waals surface area contributed by atoms with Crippen LogP contribution < -0.4 is 5.32 Å². The van der Waals surface area contributed by atoms with Crippen LogP contribution in [0.5, 0.6) is 0 Å². The lowest BCUT2D eigenvalue weighted by Crippen LogP contribution is -2.47. The molecule has 142 valence electrons. The van der Waals surface area contributed by atoms with Gasteiger partial charge in [0.05, 0.1) is 23.4 Å². The highest BCUT2D eigenvalue weighted by atomic mass is 79.9. The molecule has 1 aromatic rings. The zero-order valence-electron chi connectivity index (χ0n) is 14.4. The lowest BCUT2D eigenvalue weighted by Gasteiger charge is -2.29. The Kier molecular flexibility index (Phi) is 6.50. The summed E-state index contributed by atoms with van der Waals surface area (Å²) in [5, 5.41) is 6.42. The number of amides is 1. The molecule has 0 aliphatic carbocycles. The third kappa shape index (κ3) is 4.95. The fourth-order valence-electron chi connectivity index (χ4n) is 2.75. The number of hydrogen-bond acceptors (Lipinski definition) is 4. The van der Waals surface area contributed by atoms with E-state index in [0.29, 0.717) is 19.8 Å². The first-order chi connectivity index (χ1) is 11.6. The molecule has 0 radical (unpaired) electrons. The zero-order valence-corrected chi connectivity index (χ0v) is 15.9. The summed E-state index contributed by atoms with van der Waals surface area (Å²) in [5.74, 6) is -0.368. The van der Waals surface area contributed by atoms with Gasteiger partial charge in [-0.15, -0.1) is 0 Å². The lowest BCUT2D eigenvalue weighted by atomic mass is 10.2. The smallest absolute Gasteiger partial charge is 0.379 e. The second-order valence-electron chi connectivity index (χ2n) is 6.19. The van der Waals surface area contributed by atoms with Crippen molar-refractivity contribution in [2.45, 2.75) is 39.0 Å². The van der Waals surface area contributed by atoms with Crippen molar-refractivity contribution in [3.63, 3.8) is 0 Å². The van der Waals surface area contributed by atoms with Crippen LogP contribution in [0.15, 0.2) is 4.47 Å². The normalized spacial score (nSPS) is 18.8. The van der Waals surface area contributed by atoms with E-state index in [4.69, 9.17) is 4.74 Å². The van der Waals surface area contributed by atoms with Crippen molar-refractivity contribution in [1.82, 2.24) is 20.0 Å². The Morgan fingerprint density at radius 2 is 1.96 bits per heavy atom. The summed E-state index contributed by atoms with van der Waals surface area (Å²) in [4.78, 5) is 14.6. The van der Waals surface area contributed by atoms with Crippen molar-refractivity contribution in [1.29, 1.82) is 0 Å². The molecule has 0 spiro atoms. The number of carbonyl (C=O) groups is 1. The van der Waals surface area contributed by atoms with E-state index in [2.05, 4.69) is 31.2 Å². The molecule has 1 aliphatic rings. The first kappa shape index (κ1) is 20.2. The van der Waals surface area contributed by atoms with Crippen LogP contribution in [-0.2, 0) is 15.7 Å². The van der Waals surface area contributed by atoms with E-state index < -0.39 is 17.9 Å². The van der Waals surface area contributed by atoms with Crippen LogP contribution >= 0.6 is 15.9 Å². The van der Waals surface area contributed by atoms with Crippen molar-refractivity contribution in [2.75, 3.05) is 32.8 Å². The van der Waals surface area contributed by atoms with E-state index in [1.54, 1.807) is 0 Å². The first-order valence-electron chi connectivity index (χ1n) is 8.03. The number of alkyl halides is 3. The minimum absolute atomic E-state index is 0.130. The molecule has 6 nitrogen and oxygen atoms in total. The standard InChI is InChI=1S/C15H22BrF3N4O2/c1-9(8-22-4-6-25-7-5-22)20-14(24)11(3)23-10(2)12(16)13(21-23)15(17,18)19/h9,11H,4-8H2,1-3H3,(H,20,24)/t9-,11-/m0/s1. The van der Waals surface area contributed by atoms with E-state index in [1.807, 2.05) is 6.92 Å². The number of ether oxygens (including phenoxy) is 1. The summed E-state index contributed by atoms with van der Waals surface area (Å²) in [6, 6.07) is -0.978. The maximum atomic E-state index is 13.0. The molecule has 10 heteroatoms. The summed E-state index contributed by atoms with van der Waals surface area (Å²) in [6.45, 7) is 8.49. The molecule has 1 fully saturated rings. The summed E-state index contributed by atoms with van der Waals surface area (Å²) in [5.41, 5.74) is -0.762. The van der Waals surface area contributed by atoms with Gasteiger partial charge >= 0.3 is 6.18 Å².